The maximum atomic E-state index is 11.1. The molecule has 6 nitrogen and oxygen atoms in total. The van der Waals surface area contributed by atoms with Gasteiger partial charge in [0.1, 0.15) is 0 Å². The maximum Gasteiger partial charge on any atom is 0.271 e. The number of rotatable bonds is 0. The van der Waals surface area contributed by atoms with Crippen molar-refractivity contribution in [3.8, 4) is 11.5 Å². The highest BCUT2D eigenvalue weighted by molar-refractivity contribution is 5.81. The van der Waals surface area contributed by atoms with Crippen LogP contribution < -0.4 is 14.4 Å². The van der Waals surface area contributed by atoms with Crippen LogP contribution >= 0.6 is 0 Å². The maximum absolute atomic E-state index is 11.1. The molecular formula is C7H4N2O4. The summed E-state index contributed by atoms with van der Waals surface area (Å²) >= 11 is 0. The van der Waals surface area contributed by atoms with Crippen LogP contribution in [0.5, 0.6) is 11.5 Å². The SMILES string of the molecule is [O-][n+]1onc2ccc3c(c21)OCO3. The van der Waals surface area contributed by atoms with Crippen LogP contribution in [-0.4, -0.2) is 11.9 Å². The second kappa shape index (κ2) is 2.03. The highest BCUT2D eigenvalue weighted by Gasteiger charge is 2.24. The standard InChI is InChI=1S/C7H4N2O4/c10-9-6-4(8-13-9)1-2-5-7(6)12-3-11-5/h1-2H,3H2. The van der Waals surface area contributed by atoms with Gasteiger partial charge in [-0.25, -0.2) is 0 Å². The average Bonchev–Trinajstić information content (AvgIpc) is 2.70. The monoisotopic (exact) mass is 180 g/mol. The average molecular weight is 180 g/mol. The second-order valence-corrected chi connectivity index (χ2v) is 2.60. The van der Waals surface area contributed by atoms with Gasteiger partial charge in [0.2, 0.25) is 12.5 Å². The third-order valence-corrected chi connectivity index (χ3v) is 1.89. The van der Waals surface area contributed by atoms with Crippen LogP contribution in [-0.2, 0) is 0 Å². The number of ether oxygens (including phenoxy) is 2. The minimum atomic E-state index is 0.125. The van der Waals surface area contributed by atoms with E-state index < -0.39 is 0 Å². The molecule has 2 aromatic rings. The molecule has 1 aliphatic heterocycles. The Hall–Kier alpha value is -1.98. The minimum absolute atomic E-state index is 0.125. The Morgan fingerprint density at radius 1 is 1.38 bits per heavy atom. The van der Waals surface area contributed by atoms with Gasteiger partial charge >= 0.3 is 0 Å². The summed E-state index contributed by atoms with van der Waals surface area (Å²) in [5, 5.41) is 14.6. The van der Waals surface area contributed by atoms with E-state index in [9.17, 15) is 5.21 Å². The van der Waals surface area contributed by atoms with Crippen molar-refractivity contribution in [3.05, 3.63) is 17.3 Å². The van der Waals surface area contributed by atoms with Gasteiger partial charge in [-0.3, -0.25) is 4.63 Å². The van der Waals surface area contributed by atoms with Crippen molar-refractivity contribution in [2.75, 3.05) is 6.79 Å². The Morgan fingerprint density at radius 3 is 3.23 bits per heavy atom. The van der Waals surface area contributed by atoms with E-state index in [1.54, 1.807) is 12.1 Å². The first-order valence-electron chi connectivity index (χ1n) is 3.64. The molecule has 0 N–H and O–H groups in total. The van der Waals surface area contributed by atoms with Gasteiger partial charge in [0.15, 0.2) is 5.75 Å². The van der Waals surface area contributed by atoms with Gasteiger partial charge in [0.25, 0.3) is 11.0 Å². The van der Waals surface area contributed by atoms with Crippen molar-refractivity contribution in [3.63, 3.8) is 0 Å². The van der Waals surface area contributed by atoms with Gasteiger partial charge < -0.3 is 14.7 Å². The molecule has 0 spiro atoms. The van der Waals surface area contributed by atoms with E-state index in [1.807, 2.05) is 0 Å². The molecule has 0 unspecified atom stereocenters. The summed E-state index contributed by atoms with van der Waals surface area (Å²) in [5.74, 6) is 0.939. The first-order chi connectivity index (χ1) is 6.36. The first-order valence-corrected chi connectivity index (χ1v) is 3.64. The van der Waals surface area contributed by atoms with Crippen molar-refractivity contribution in [2.45, 2.75) is 0 Å². The Bertz CT molecular complexity index is 479. The summed E-state index contributed by atoms with van der Waals surface area (Å²) in [6, 6.07) is 3.33. The van der Waals surface area contributed by atoms with Crippen molar-refractivity contribution in [2.24, 2.45) is 0 Å². The normalized spacial score (nSPS) is 13.8. The summed E-state index contributed by atoms with van der Waals surface area (Å²) in [4.78, 5) is 0.308. The molecule has 0 amide bonds. The summed E-state index contributed by atoms with van der Waals surface area (Å²) in [6.45, 7) is 0.125. The minimum Gasteiger partial charge on any atom is -0.453 e. The summed E-state index contributed by atoms with van der Waals surface area (Å²) in [7, 11) is 0. The van der Waals surface area contributed by atoms with Gasteiger partial charge in [0, 0.05) is 11.2 Å². The quantitative estimate of drug-likeness (QED) is 0.541. The first kappa shape index (κ1) is 6.53. The van der Waals surface area contributed by atoms with Crippen LogP contribution in [0.3, 0.4) is 0 Å². The number of fused-ring (bicyclic) bond motifs is 3. The van der Waals surface area contributed by atoms with Crippen molar-refractivity contribution >= 4 is 11.0 Å². The molecule has 0 radical (unpaired) electrons. The zero-order valence-corrected chi connectivity index (χ0v) is 6.39. The molecule has 1 aromatic heterocycles. The van der Waals surface area contributed by atoms with Crippen LogP contribution in [0, 0.1) is 5.21 Å². The van der Waals surface area contributed by atoms with E-state index in [0.29, 0.717) is 21.9 Å². The number of hydrogen-bond acceptors (Lipinski definition) is 5. The van der Waals surface area contributed by atoms with Crippen molar-refractivity contribution < 1.29 is 19.0 Å². The van der Waals surface area contributed by atoms with Crippen LogP contribution in [0.25, 0.3) is 11.0 Å². The highest BCUT2D eigenvalue weighted by Crippen LogP contribution is 2.36. The molecule has 13 heavy (non-hydrogen) atoms. The molecule has 1 aliphatic rings. The van der Waals surface area contributed by atoms with E-state index in [0.717, 1.165) is 0 Å². The lowest BCUT2D eigenvalue weighted by atomic mass is 10.3. The van der Waals surface area contributed by atoms with Crippen molar-refractivity contribution in [1.29, 1.82) is 0 Å². The fourth-order valence-corrected chi connectivity index (χ4v) is 1.32. The van der Waals surface area contributed by atoms with Crippen LogP contribution in [0.15, 0.2) is 16.8 Å². The molecular weight excluding hydrogens is 176 g/mol. The number of aromatic nitrogens is 2. The number of nitrogens with zero attached hydrogens (tertiary/aromatic N) is 2. The Labute approximate surface area is 71.8 Å². The Kier molecular flexibility index (Phi) is 1.02. The predicted molar refractivity (Wildman–Crippen MR) is 39.1 cm³/mol. The lowest BCUT2D eigenvalue weighted by Crippen LogP contribution is -2.22. The zero-order valence-electron chi connectivity index (χ0n) is 6.39. The molecule has 0 saturated heterocycles. The zero-order chi connectivity index (χ0) is 8.84. The smallest absolute Gasteiger partial charge is 0.271 e. The lowest BCUT2D eigenvalue weighted by Gasteiger charge is -1.92. The van der Waals surface area contributed by atoms with Gasteiger partial charge in [-0.1, -0.05) is 0 Å². The van der Waals surface area contributed by atoms with Gasteiger partial charge in [0.05, 0.1) is 0 Å². The molecule has 2 heterocycles. The fraction of sp³-hybridized carbons (Fsp3) is 0.143. The molecule has 66 valence electrons. The van der Waals surface area contributed by atoms with Gasteiger partial charge in [-0.15, -0.1) is 0 Å². The molecule has 6 heteroatoms. The molecule has 1 aromatic carbocycles. The Balaban J connectivity index is 2.47. The molecule has 0 atom stereocenters. The largest absolute Gasteiger partial charge is 0.453 e. The van der Waals surface area contributed by atoms with E-state index in [2.05, 4.69) is 9.79 Å². The molecule has 0 fully saturated rings. The third-order valence-electron chi connectivity index (χ3n) is 1.89. The molecule has 3 rings (SSSR count). The summed E-state index contributed by atoms with van der Waals surface area (Å²) in [5.41, 5.74) is 0.731. The van der Waals surface area contributed by atoms with Crippen LogP contribution in [0.1, 0.15) is 0 Å². The topological polar surface area (TPSA) is 71.4 Å². The molecule has 0 aliphatic carbocycles. The van der Waals surface area contributed by atoms with E-state index in [4.69, 9.17) is 9.47 Å². The number of benzene rings is 1. The van der Waals surface area contributed by atoms with Crippen molar-refractivity contribution in [1.82, 2.24) is 5.16 Å². The van der Waals surface area contributed by atoms with Gasteiger partial charge in [-0.2, -0.15) is 0 Å². The summed E-state index contributed by atoms with van der Waals surface area (Å²) < 4.78 is 14.6. The molecule has 0 saturated carbocycles. The lowest BCUT2D eigenvalue weighted by molar-refractivity contribution is -0.782. The van der Waals surface area contributed by atoms with E-state index >= 15 is 0 Å². The summed E-state index contributed by atoms with van der Waals surface area (Å²) in [6.07, 6.45) is 0. The second-order valence-electron chi connectivity index (χ2n) is 2.60. The fourth-order valence-electron chi connectivity index (χ4n) is 1.32. The van der Waals surface area contributed by atoms with Gasteiger partial charge in [-0.05, 0) is 11.0 Å². The van der Waals surface area contributed by atoms with E-state index in [1.165, 1.54) is 0 Å². The van der Waals surface area contributed by atoms with Crippen LogP contribution in [0.4, 0.5) is 0 Å². The Morgan fingerprint density at radius 2 is 2.31 bits per heavy atom. The predicted octanol–water partition coefficient (Wildman–Crippen LogP) is 0.190. The number of hydrogen-bond donors (Lipinski definition) is 0. The highest BCUT2D eigenvalue weighted by atomic mass is 16.8. The molecule has 0 bridgehead atoms. The van der Waals surface area contributed by atoms with E-state index in [-0.39, 0.29) is 12.3 Å². The van der Waals surface area contributed by atoms with Crippen LogP contribution in [0.2, 0.25) is 0 Å². The third kappa shape index (κ3) is 0.715.